The maximum atomic E-state index is 5.12. The number of rotatable bonds is 4. The molecule has 0 aliphatic rings. The van der Waals surface area contributed by atoms with Crippen LogP contribution in [0.2, 0.25) is 0 Å². The third kappa shape index (κ3) is 7.55. The van der Waals surface area contributed by atoms with E-state index in [0.717, 1.165) is 0 Å². The SMILES string of the molecule is C/C(=N\N=C(/N)[S-])c1ccco1.c1cc[c]([Sb][c]2ccccc2)cc1. The van der Waals surface area contributed by atoms with Crippen LogP contribution in [0.4, 0.5) is 0 Å². The van der Waals surface area contributed by atoms with Gasteiger partial charge < -0.3 is 22.8 Å². The summed E-state index contributed by atoms with van der Waals surface area (Å²) in [6, 6.07) is 25.1. The van der Waals surface area contributed by atoms with Gasteiger partial charge in [0.25, 0.3) is 0 Å². The molecular formula is C19H18N3OSSb-. The number of nitrogens with zero attached hydrogens (tertiary/aromatic N) is 2. The number of hydrogen-bond donors (Lipinski definition) is 1. The Labute approximate surface area is 163 Å². The molecule has 0 aliphatic carbocycles. The van der Waals surface area contributed by atoms with Crippen LogP contribution in [-0.4, -0.2) is 32.5 Å². The van der Waals surface area contributed by atoms with E-state index in [9.17, 15) is 0 Å². The van der Waals surface area contributed by atoms with Gasteiger partial charge in [0.05, 0.1) is 6.26 Å². The molecule has 2 N–H and O–H groups in total. The number of amidine groups is 1. The van der Waals surface area contributed by atoms with Gasteiger partial charge in [0.15, 0.2) is 0 Å². The number of furan rings is 1. The Balaban J connectivity index is 0.000000181. The van der Waals surface area contributed by atoms with Crippen molar-refractivity contribution < 1.29 is 4.42 Å². The zero-order chi connectivity index (χ0) is 17.9. The molecule has 0 bridgehead atoms. The summed E-state index contributed by atoms with van der Waals surface area (Å²) in [6.07, 6.45) is 1.56. The molecule has 0 fully saturated rings. The summed E-state index contributed by atoms with van der Waals surface area (Å²) in [6.45, 7) is 1.76. The third-order valence-corrected chi connectivity index (χ3v) is 6.20. The number of nitrogens with two attached hydrogens (primary N) is 1. The summed E-state index contributed by atoms with van der Waals surface area (Å²) in [5.41, 5.74) is 5.77. The van der Waals surface area contributed by atoms with Crippen molar-refractivity contribution in [1.82, 2.24) is 0 Å². The van der Waals surface area contributed by atoms with Crippen molar-refractivity contribution in [3.05, 3.63) is 84.8 Å². The molecule has 4 nitrogen and oxygen atoms in total. The second-order valence-electron chi connectivity index (χ2n) is 4.88. The van der Waals surface area contributed by atoms with Crippen LogP contribution in [0.3, 0.4) is 0 Å². The number of benzene rings is 2. The molecule has 1 heterocycles. The second-order valence-corrected chi connectivity index (χ2v) is 8.89. The molecule has 0 aliphatic heterocycles. The molecule has 25 heavy (non-hydrogen) atoms. The monoisotopic (exact) mass is 457 g/mol. The van der Waals surface area contributed by atoms with Gasteiger partial charge in [-0.2, -0.15) is 10.2 Å². The zero-order valence-electron chi connectivity index (χ0n) is 13.7. The molecule has 1 aromatic heterocycles. The van der Waals surface area contributed by atoms with Crippen LogP contribution in [0, 0.1) is 0 Å². The molecule has 0 atom stereocenters. The Kier molecular flexibility index (Phi) is 8.23. The molecule has 0 spiro atoms. The quantitative estimate of drug-likeness (QED) is 0.215. The summed E-state index contributed by atoms with van der Waals surface area (Å²) in [5.74, 6) is 0.662. The van der Waals surface area contributed by atoms with Crippen LogP contribution in [0.25, 0.3) is 0 Å². The Morgan fingerprint density at radius 3 is 1.88 bits per heavy atom. The first kappa shape index (κ1) is 19.2. The Morgan fingerprint density at radius 1 is 0.880 bits per heavy atom. The van der Waals surface area contributed by atoms with Gasteiger partial charge >= 0.3 is 89.3 Å². The molecule has 0 saturated carbocycles. The summed E-state index contributed by atoms with van der Waals surface area (Å²) in [5, 5.41) is 7.28. The van der Waals surface area contributed by atoms with E-state index in [1.165, 1.54) is 7.02 Å². The fourth-order valence-corrected chi connectivity index (χ4v) is 4.54. The van der Waals surface area contributed by atoms with Crippen molar-refractivity contribution in [3.63, 3.8) is 0 Å². The van der Waals surface area contributed by atoms with Gasteiger partial charge in [-0.15, -0.1) is 0 Å². The van der Waals surface area contributed by atoms with Gasteiger partial charge in [-0.05, 0) is 24.2 Å². The Hall–Kier alpha value is -2.10. The standard InChI is InChI=1S/C7H9N3OS.2C6H5.Sb/c1-5(9-10-7(8)12)6-3-2-4-11-6;2*1-2-4-6-5-3-1;/h2-4H,1H3,(H3,8,10,12);2*1-5H;/p-1/b9-5+;;;. The van der Waals surface area contributed by atoms with Gasteiger partial charge in [-0.1, -0.05) is 0 Å². The van der Waals surface area contributed by atoms with E-state index in [1.54, 1.807) is 25.3 Å². The minimum atomic E-state index is -0.335. The molecule has 6 heteroatoms. The van der Waals surface area contributed by atoms with Crippen LogP contribution in [0.1, 0.15) is 12.7 Å². The molecule has 0 amide bonds. The maximum absolute atomic E-state index is 5.12. The van der Waals surface area contributed by atoms with Gasteiger partial charge in [0.1, 0.15) is 11.5 Å². The molecule has 0 unspecified atom stereocenters. The van der Waals surface area contributed by atoms with E-state index >= 15 is 0 Å². The average Bonchev–Trinajstić information content (AvgIpc) is 3.17. The van der Waals surface area contributed by atoms with Crippen molar-refractivity contribution in [1.29, 1.82) is 0 Å². The van der Waals surface area contributed by atoms with E-state index < -0.39 is 0 Å². The van der Waals surface area contributed by atoms with E-state index in [0.29, 0.717) is 11.5 Å². The van der Waals surface area contributed by atoms with Crippen LogP contribution in [0.15, 0.2) is 93.7 Å². The predicted molar refractivity (Wildman–Crippen MR) is 108 cm³/mol. The second kappa shape index (κ2) is 10.7. The third-order valence-electron chi connectivity index (χ3n) is 2.95. The Bertz CT molecular complexity index is 762. The van der Waals surface area contributed by atoms with Crippen molar-refractivity contribution in [2.24, 2.45) is 15.9 Å². The van der Waals surface area contributed by atoms with Gasteiger partial charge in [-0.3, -0.25) is 0 Å². The summed E-state index contributed by atoms with van der Waals surface area (Å²) in [7, 11) is 0. The molecule has 127 valence electrons. The first-order valence-corrected chi connectivity index (χ1v) is 10.5. The zero-order valence-corrected chi connectivity index (χ0v) is 17.1. The van der Waals surface area contributed by atoms with E-state index in [4.69, 9.17) is 10.2 Å². The minimum absolute atomic E-state index is 0.0147. The summed E-state index contributed by atoms with van der Waals surface area (Å²) < 4.78 is 8.09. The first-order chi connectivity index (χ1) is 12.1. The van der Waals surface area contributed by atoms with Crippen molar-refractivity contribution in [3.8, 4) is 0 Å². The molecule has 0 saturated heterocycles. The molecule has 3 aromatic rings. The average molecular weight is 458 g/mol. The summed E-state index contributed by atoms with van der Waals surface area (Å²) in [4.78, 5) is 0. The van der Waals surface area contributed by atoms with Gasteiger partial charge in [0.2, 0.25) is 0 Å². The van der Waals surface area contributed by atoms with Crippen molar-refractivity contribution in [2.75, 3.05) is 0 Å². The molecule has 2 aromatic carbocycles. The fourth-order valence-electron chi connectivity index (χ4n) is 1.81. The van der Waals surface area contributed by atoms with Crippen molar-refractivity contribution in [2.45, 2.75) is 6.92 Å². The fraction of sp³-hybridized carbons (Fsp3) is 0.0526. The summed E-state index contributed by atoms with van der Waals surface area (Å²) >= 11 is 4.18. The van der Waals surface area contributed by atoms with Crippen LogP contribution in [0.5, 0.6) is 0 Å². The molecular weight excluding hydrogens is 440 g/mol. The normalized spacial score (nSPS) is 11.6. The van der Waals surface area contributed by atoms with Gasteiger partial charge in [0, 0.05) is 0 Å². The van der Waals surface area contributed by atoms with E-state index in [-0.39, 0.29) is 26.8 Å². The van der Waals surface area contributed by atoms with E-state index in [2.05, 4.69) is 83.5 Å². The Morgan fingerprint density at radius 2 is 1.44 bits per heavy atom. The van der Waals surface area contributed by atoms with E-state index in [1.807, 2.05) is 0 Å². The predicted octanol–water partition coefficient (Wildman–Crippen LogP) is 2.21. The van der Waals surface area contributed by atoms with Crippen LogP contribution in [-0.2, 0) is 12.6 Å². The first-order valence-electron chi connectivity index (χ1n) is 7.55. The van der Waals surface area contributed by atoms with Crippen LogP contribution < -0.4 is 12.8 Å². The van der Waals surface area contributed by atoms with Crippen molar-refractivity contribution >= 4 is 52.1 Å². The van der Waals surface area contributed by atoms with Crippen LogP contribution >= 0.6 is 0 Å². The van der Waals surface area contributed by atoms with Gasteiger partial charge in [-0.25, -0.2) is 0 Å². The topological polar surface area (TPSA) is 63.9 Å². The molecule has 3 rings (SSSR count). The number of hydrogen-bond acceptors (Lipinski definition) is 4. The molecule has 1 radical (unpaired) electrons.